The van der Waals surface area contributed by atoms with Gasteiger partial charge in [-0.3, -0.25) is 14.7 Å². The Morgan fingerprint density at radius 1 is 1.21 bits per heavy atom. The molecule has 0 spiro atoms. The lowest BCUT2D eigenvalue weighted by atomic mass is 9.95. The van der Waals surface area contributed by atoms with Crippen LogP contribution in [0.1, 0.15) is 66.6 Å². The average molecular weight is 393 g/mol. The highest BCUT2D eigenvalue weighted by molar-refractivity contribution is 5.91. The van der Waals surface area contributed by atoms with E-state index >= 15 is 0 Å². The number of carbonyl (C=O) groups excluding carboxylic acids is 1. The molecule has 1 unspecified atom stereocenters. The monoisotopic (exact) mass is 393 g/mol. The number of pyridine rings is 1. The Hall–Kier alpha value is -2.72. The van der Waals surface area contributed by atoms with Gasteiger partial charge in [0.05, 0.1) is 12.3 Å². The molecule has 0 bridgehead atoms. The van der Waals surface area contributed by atoms with Gasteiger partial charge in [-0.15, -0.1) is 0 Å². The lowest BCUT2D eigenvalue weighted by Crippen LogP contribution is -2.38. The Morgan fingerprint density at radius 2 is 1.97 bits per heavy atom. The van der Waals surface area contributed by atoms with Crippen LogP contribution in [0.25, 0.3) is 0 Å². The predicted octanol–water partition coefficient (Wildman–Crippen LogP) is 3.39. The van der Waals surface area contributed by atoms with E-state index in [9.17, 15) is 4.79 Å². The maximum absolute atomic E-state index is 12.7. The highest BCUT2D eigenvalue weighted by Gasteiger charge is 2.30. The minimum Gasteiger partial charge on any atom is -0.435 e. The van der Waals surface area contributed by atoms with Crippen molar-refractivity contribution in [2.24, 2.45) is 5.92 Å². The van der Waals surface area contributed by atoms with E-state index < -0.39 is 0 Å². The first-order chi connectivity index (χ1) is 14.2. The molecule has 7 heteroatoms. The molecule has 2 aromatic rings. The molecule has 2 saturated heterocycles. The van der Waals surface area contributed by atoms with E-state index in [0.717, 1.165) is 38.8 Å². The summed E-state index contributed by atoms with van der Waals surface area (Å²) < 4.78 is 5.88. The van der Waals surface area contributed by atoms with E-state index in [-0.39, 0.29) is 17.7 Å². The zero-order valence-corrected chi connectivity index (χ0v) is 16.8. The number of oxazole rings is 1. The van der Waals surface area contributed by atoms with Crippen molar-refractivity contribution >= 4 is 5.91 Å². The number of hydrogen-bond acceptors (Lipinski definition) is 6. The fourth-order valence-electron chi connectivity index (χ4n) is 4.31. The van der Waals surface area contributed by atoms with Crippen LogP contribution in [0.3, 0.4) is 0 Å². The normalized spacial score (nSPS) is 20.3. The van der Waals surface area contributed by atoms with Crippen LogP contribution >= 0.6 is 0 Å². The zero-order valence-electron chi connectivity index (χ0n) is 16.8. The van der Waals surface area contributed by atoms with Crippen LogP contribution in [0.2, 0.25) is 0 Å². The van der Waals surface area contributed by atoms with Gasteiger partial charge in [0.2, 0.25) is 5.76 Å². The summed E-state index contributed by atoms with van der Waals surface area (Å²) in [5.41, 5.74) is 1.23. The second-order valence-corrected chi connectivity index (χ2v) is 8.03. The van der Waals surface area contributed by atoms with Crippen LogP contribution in [0, 0.1) is 17.2 Å². The van der Waals surface area contributed by atoms with Crippen LogP contribution in [-0.4, -0.2) is 51.9 Å². The fraction of sp³-hybridized carbons (Fsp3) is 0.545. The molecule has 4 heterocycles. The van der Waals surface area contributed by atoms with Gasteiger partial charge in [-0.05, 0) is 57.3 Å². The van der Waals surface area contributed by atoms with Crippen molar-refractivity contribution in [3.8, 4) is 6.07 Å². The first-order valence-corrected chi connectivity index (χ1v) is 10.4. The number of aromatic nitrogens is 2. The second kappa shape index (κ2) is 8.75. The molecule has 7 nitrogen and oxygen atoms in total. The van der Waals surface area contributed by atoms with Crippen molar-refractivity contribution in [2.45, 2.75) is 44.6 Å². The van der Waals surface area contributed by atoms with Crippen molar-refractivity contribution < 1.29 is 9.21 Å². The van der Waals surface area contributed by atoms with Gasteiger partial charge in [0, 0.05) is 43.4 Å². The smallest absolute Gasteiger partial charge is 0.291 e. The third kappa shape index (κ3) is 4.33. The number of likely N-dealkylation sites (tertiary alicyclic amines) is 2. The van der Waals surface area contributed by atoms with Gasteiger partial charge in [-0.2, -0.15) is 5.26 Å². The molecule has 1 atom stereocenters. The van der Waals surface area contributed by atoms with E-state index in [1.165, 1.54) is 5.56 Å². The summed E-state index contributed by atoms with van der Waals surface area (Å²) in [5.74, 6) is 1.19. The Kier molecular flexibility index (Phi) is 5.91. The van der Waals surface area contributed by atoms with Crippen LogP contribution < -0.4 is 0 Å². The van der Waals surface area contributed by atoms with Crippen LogP contribution in [0.4, 0.5) is 0 Å². The van der Waals surface area contributed by atoms with Gasteiger partial charge in [0.25, 0.3) is 5.91 Å². The molecule has 0 saturated carbocycles. The van der Waals surface area contributed by atoms with Crippen LogP contribution in [0.15, 0.2) is 35.1 Å². The van der Waals surface area contributed by atoms with Crippen LogP contribution in [-0.2, 0) is 0 Å². The highest BCUT2D eigenvalue weighted by Crippen LogP contribution is 2.32. The molecule has 4 rings (SSSR count). The zero-order chi connectivity index (χ0) is 20.2. The quantitative estimate of drug-likeness (QED) is 0.791. The van der Waals surface area contributed by atoms with Gasteiger partial charge in [0.15, 0.2) is 5.89 Å². The number of carbonyl (C=O) groups is 1. The maximum atomic E-state index is 12.7. The van der Waals surface area contributed by atoms with Crippen molar-refractivity contribution in [3.63, 3.8) is 0 Å². The third-order valence-corrected chi connectivity index (χ3v) is 6.29. The summed E-state index contributed by atoms with van der Waals surface area (Å²) in [6.07, 6.45) is 8.70. The van der Waals surface area contributed by atoms with Gasteiger partial charge >= 0.3 is 0 Å². The highest BCUT2D eigenvalue weighted by atomic mass is 16.4. The molecule has 152 valence electrons. The van der Waals surface area contributed by atoms with Crippen molar-refractivity contribution in [1.82, 2.24) is 19.8 Å². The summed E-state index contributed by atoms with van der Waals surface area (Å²) in [6, 6.07) is 6.73. The van der Waals surface area contributed by atoms with E-state index in [1.54, 1.807) is 17.3 Å². The molecule has 2 aromatic heterocycles. The topological polar surface area (TPSA) is 86.3 Å². The van der Waals surface area contributed by atoms with Gasteiger partial charge in [0.1, 0.15) is 0 Å². The lowest BCUT2D eigenvalue weighted by molar-refractivity contribution is 0.0670. The summed E-state index contributed by atoms with van der Waals surface area (Å²) in [4.78, 5) is 25.6. The largest absolute Gasteiger partial charge is 0.435 e. The minimum atomic E-state index is -0.109. The van der Waals surface area contributed by atoms with Gasteiger partial charge in [-0.25, -0.2) is 4.98 Å². The van der Waals surface area contributed by atoms with Crippen molar-refractivity contribution in [2.75, 3.05) is 26.2 Å². The number of nitriles is 1. The Balaban J connectivity index is 1.33. The van der Waals surface area contributed by atoms with E-state index in [0.29, 0.717) is 30.8 Å². The van der Waals surface area contributed by atoms with E-state index in [2.05, 4.69) is 33.9 Å². The molecule has 0 radical (unpaired) electrons. The number of amides is 1. The second-order valence-electron chi connectivity index (χ2n) is 8.03. The minimum absolute atomic E-state index is 0.0589. The number of nitrogens with zero attached hydrogens (tertiary/aromatic N) is 5. The Bertz CT molecular complexity index is 859. The van der Waals surface area contributed by atoms with Crippen molar-refractivity contribution in [1.29, 1.82) is 5.26 Å². The molecule has 0 N–H and O–H groups in total. The Labute approximate surface area is 171 Å². The molecule has 29 heavy (non-hydrogen) atoms. The first-order valence-electron chi connectivity index (χ1n) is 10.4. The molecule has 0 aliphatic carbocycles. The molecule has 2 aliphatic rings. The SMILES string of the molecule is CC(c1cccnc1)N1CCC(c2ncc(C(=O)N3CCC(C#N)CC3)o2)CC1. The molecular formula is C22H27N5O2. The third-order valence-electron chi connectivity index (χ3n) is 6.29. The fourth-order valence-corrected chi connectivity index (χ4v) is 4.31. The summed E-state index contributed by atoms with van der Waals surface area (Å²) in [6.45, 7) is 5.37. The number of hydrogen-bond donors (Lipinski definition) is 0. The summed E-state index contributed by atoms with van der Waals surface area (Å²) in [7, 11) is 0. The van der Waals surface area contributed by atoms with E-state index in [1.807, 2.05) is 12.3 Å². The standard InChI is InChI=1S/C22H27N5O2/c1-16(19-3-2-8-24-14-19)26-11-6-18(7-12-26)21-25-15-20(29-21)22(28)27-9-4-17(13-23)5-10-27/h2-3,8,14-18H,4-7,9-12H2,1H3. The molecule has 2 fully saturated rings. The van der Waals surface area contributed by atoms with Crippen molar-refractivity contribution in [3.05, 3.63) is 47.9 Å². The first kappa shape index (κ1) is 19.6. The Morgan fingerprint density at radius 3 is 2.62 bits per heavy atom. The molecular weight excluding hydrogens is 366 g/mol. The summed E-state index contributed by atoms with van der Waals surface area (Å²) in [5, 5.41) is 9.01. The van der Waals surface area contributed by atoms with Crippen LogP contribution in [0.5, 0.6) is 0 Å². The predicted molar refractivity (Wildman–Crippen MR) is 107 cm³/mol. The number of piperidine rings is 2. The molecule has 1 amide bonds. The van der Waals surface area contributed by atoms with Gasteiger partial charge in [-0.1, -0.05) is 6.07 Å². The summed E-state index contributed by atoms with van der Waals surface area (Å²) >= 11 is 0. The lowest BCUT2D eigenvalue weighted by Gasteiger charge is -2.35. The van der Waals surface area contributed by atoms with E-state index in [4.69, 9.17) is 9.68 Å². The number of rotatable bonds is 4. The van der Waals surface area contributed by atoms with Gasteiger partial charge < -0.3 is 9.32 Å². The average Bonchev–Trinajstić information content (AvgIpc) is 3.29. The molecule has 0 aromatic carbocycles. The maximum Gasteiger partial charge on any atom is 0.291 e. The molecule has 2 aliphatic heterocycles.